The van der Waals surface area contributed by atoms with E-state index >= 15 is 0 Å². The van der Waals surface area contributed by atoms with Crippen LogP contribution >= 0.6 is 11.3 Å². The molecule has 11 nitrogen and oxygen atoms in total. The topological polar surface area (TPSA) is 123 Å². The number of benzene rings is 3. The van der Waals surface area contributed by atoms with Gasteiger partial charge in [0, 0.05) is 24.2 Å². The summed E-state index contributed by atoms with van der Waals surface area (Å²) in [6, 6.07) is 19.7. The van der Waals surface area contributed by atoms with Crippen LogP contribution in [0, 0.1) is 6.92 Å². The van der Waals surface area contributed by atoms with Crippen molar-refractivity contribution < 1.29 is 28.5 Å². The number of esters is 2. The zero-order chi connectivity index (χ0) is 36.2. The molecular formula is C39H38N4O7S. The van der Waals surface area contributed by atoms with E-state index in [-0.39, 0.29) is 22.6 Å². The Hall–Kier alpha value is -5.75. The number of hydrogen-bond acceptors (Lipinski definition) is 10. The zero-order valence-electron chi connectivity index (χ0n) is 29.3. The number of aryl methyl sites for hydroxylation is 1. The Balaban J connectivity index is 1.52. The Morgan fingerprint density at radius 3 is 2.43 bits per heavy atom. The lowest BCUT2D eigenvalue weighted by Gasteiger charge is -2.25. The minimum atomic E-state index is -0.898. The summed E-state index contributed by atoms with van der Waals surface area (Å²) >= 11 is 1.21. The molecule has 6 rings (SSSR count). The van der Waals surface area contributed by atoms with Crippen LogP contribution in [0.3, 0.4) is 0 Å². The normalized spacial score (nSPS) is 14.2. The average molecular weight is 707 g/mol. The molecule has 3 heterocycles. The molecule has 0 bridgehead atoms. The molecule has 1 aliphatic heterocycles. The van der Waals surface area contributed by atoms with Crippen LogP contribution in [0.5, 0.6) is 17.2 Å². The van der Waals surface area contributed by atoms with E-state index in [1.165, 1.54) is 37.0 Å². The van der Waals surface area contributed by atoms with E-state index in [0.29, 0.717) is 32.9 Å². The average Bonchev–Trinajstić information content (AvgIpc) is 3.68. The van der Waals surface area contributed by atoms with Crippen LogP contribution in [0.15, 0.2) is 94.0 Å². The van der Waals surface area contributed by atoms with Gasteiger partial charge in [-0.2, -0.15) is 5.10 Å². The van der Waals surface area contributed by atoms with Gasteiger partial charge >= 0.3 is 11.9 Å². The SMILES string of the molecule is CCCCOc1ccc(-c2nn(-c3ccccc3)cc2/C=c2\sc3n(c2=O)C(c2ccc(OC(C)=O)c(OC)c2)C(C(=O)OC)=C(C)N=3)cc1C. The Kier molecular flexibility index (Phi) is 10.3. The lowest BCUT2D eigenvalue weighted by molar-refractivity contribution is -0.136. The summed E-state index contributed by atoms with van der Waals surface area (Å²) in [5.41, 5.74) is 4.91. The van der Waals surface area contributed by atoms with Crippen molar-refractivity contribution in [2.75, 3.05) is 20.8 Å². The second-order valence-corrected chi connectivity index (χ2v) is 13.0. The van der Waals surface area contributed by atoms with Gasteiger partial charge in [-0.05, 0) is 79.9 Å². The maximum Gasteiger partial charge on any atom is 0.338 e. The van der Waals surface area contributed by atoms with E-state index in [1.807, 2.05) is 67.7 Å². The summed E-state index contributed by atoms with van der Waals surface area (Å²) in [6.45, 7) is 7.78. The summed E-state index contributed by atoms with van der Waals surface area (Å²) in [6.07, 6.45) is 5.72. The number of carbonyl (C=O) groups is 2. The Morgan fingerprint density at radius 2 is 1.75 bits per heavy atom. The number of allylic oxidation sites excluding steroid dienone is 1. The van der Waals surface area contributed by atoms with Gasteiger partial charge in [0.25, 0.3) is 5.56 Å². The van der Waals surface area contributed by atoms with Crippen LogP contribution in [0.2, 0.25) is 0 Å². The first-order valence-electron chi connectivity index (χ1n) is 16.5. The predicted octanol–water partition coefficient (Wildman–Crippen LogP) is 5.68. The summed E-state index contributed by atoms with van der Waals surface area (Å²) in [4.78, 5) is 44.5. The van der Waals surface area contributed by atoms with Gasteiger partial charge in [0.1, 0.15) is 11.4 Å². The highest BCUT2D eigenvalue weighted by Crippen LogP contribution is 2.36. The molecule has 0 saturated heterocycles. The van der Waals surface area contributed by atoms with E-state index in [0.717, 1.165) is 41.0 Å². The number of rotatable bonds is 11. The van der Waals surface area contributed by atoms with E-state index in [2.05, 4.69) is 11.9 Å². The second kappa shape index (κ2) is 15.0. The Morgan fingerprint density at radius 1 is 0.980 bits per heavy atom. The number of thiazole rings is 1. The molecule has 262 valence electrons. The van der Waals surface area contributed by atoms with Crippen LogP contribution in [0.4, 0.5) is 0 Å². The molecule has 1 unspecified atom stereocenters. The van der Waals surface area contributed by atoms with Crippen molar-refractivity contribution in [2.24, 2.45) is 4.99 Å². The minimum Gasteiger partial charge on any atom is -0.493 e. The van der Waals surface area contributed by atoms with Gasteiger partial charge in [-0.3, -0.25) is 14.2 Å². The number of aromatic nitrogens is 3. The quantitative estimate of drug-likeness (QED) is 0.0977. The number of fused-ring (bicyclic) bond motifs is 1. The van der Waals surface area contributed by atoms with Gasteiger partial charge in [0.15, 0.2) is 16.3 Å². The number of ether oxygens (including phenoxy) is 4. The van der Waals surface area contributed by atoms with Crippen molar-refractivity contribution in [1.29, 1.82) is 0 Å². The first-order chi connectivity index (χ1) is 24.6. The molecular weight excluding hydrogens is 669 g/mol. The molecule has 0 amide bonds. The lowest BCUT2D eigenvalue weighted by Crippen LogP contribution is -2.39. The highest BCUT2D eigenvalue weighted by Gasteiger charge is 2.34. The molecule has 0 aliphatic carbocycles. The molecule has 5 aromatic rings. The van der Waals surface area contributed by atoms with Crippen molar-refractivity contribution in [3.63, 3.8) is 0 Å². The van der Waals surface area contributed by atoms with Crippen molar-refractivity contribution in [2.45, 2.75) is 46.6 Å². The van der Waals surface area contributed by atoms with Gasteiger partial charge in [-0.25, -0.2) is 14.5 Å². The summed E-state index contributed by atoms with van der Waals surface area (Å²) in [5.74, 6) is 0.154. The molecule has 2 aromatic heterocycles. The lowest BCUT2D eigenvalue weighted by atomic mass is 9.95. The third kappa shape index (κ3) is 7.13. The van der Waals surface area contributed by atoms with Crippen LogP contribution in [0.1, 0.15) is 56.3 Å². The highest BCUT2D eigenvalue weighted by atomic mass is 32.1. The maximum absolute atomic E-state index is 14.4. The monoisotopic (exact) mass is 706 g/mol. The van der Waals surface area contributed by atoms with Crippen molar-refractivity contribution in [3.05, 3.63) is 121 Å². The summed E-state index contributed by atoms with van der Waals surface area (Å²) < 4.78 is 25.7. The van der Waals surface area contributed by atoms with Crippen molar-refractivity contribution in [3.8, 4) is 34.2 Å². The van der Waals surface area contributed by atoms with Crippen molar-refractivity contribution >= 4 is 29.4 Å². The predicted molar refractivity (Wildman–Crippen MR) is 194 cm³/mol. The standard InChI is InChI=1S/C39H38N4O7S/c1-7-8-18-49-30-16-14-26(19-23(30)2)35-28(22-42(41-35)29-12-10-9-11-13-29)21-33-37(45)43-36(34(38(46)48-6)24(3)40-39(43)51-33)27-15-17-31(50-25(4)44)32(20-27)47-5/h9-17,19-22,36H,7-8,18H2,1-6H3/b33-21-. The van der Waals surface area contributed by atoms with E-state index in [1.54, 1.807) is 29.8 Å². The molecule has 12 heteroatoms. The van der Waals surface area contributed by atoms with Crippen molar-refractivity contribution in [1.82, 2.24) is 14.3 Å². The van der Waals surface area contributed by atoms with Gasteiger partial charge in [0.05, 0.1) is 48.4 Å². The maximum atomic E-state index is 14.4. The van der Waals surface area contributed by atoms with E-state index < -0.39 is 18.0 Å². The van der Waals surface area contributed by atoms with Crippen LogP contribution in [-0.2, 0) is 14.3 Å². The molecule has 3 aromatic carbocycles. The number of unbranched alkanes of at least 4 members (excludes halogenated alkanes) is 1. The van der Waals surface area contributed by atoms with Gasteiger partial charge in [0.2, 0.25) is 0 Å². The molecule has 0 spiro atoms. The van der Waals surface area contributed by atoms with Gasteiger partial charge in [-0.1, -0.05) is 48.9 Å². The van der Waals surface area contributed by atoms with Gasteiger partial charge in [-0.15, -0.1) is 0 Å². The number of nitrogens with zero attached hydrogens (tertiary/aromatic N) is 4. The molecule has 0 saturated carbocycles. The fraction of sp³-hybridized carbons (Fsp3) is 0.256. The smallest absolute Gasteiger partial charge is 0.338 e. The Bertz CT molecular complexity index is 2340. The number of methoxy groups -OCH3 is 2. The fourth-order valence-electron chi connectivity index (χ4n) is 5.96. The van der Waals surface area contributed by atoms with Crippen LogP contribution in [0.25, 0.3) is 23.0 Å². The molecule has 0 fully saturated rings. The Labute approximate surface area is 298 Å². The minimum absolute atomic E-state index is 0.202. The third-order valence-corrected chi connectivity index (χ3v) is 9.42. The van der Waals surface area contributed by atoms with E-state index in [4.69, 9.17) is 24.0 Å². The second-order valence-electron chi connectivity index (χ2n) is 12.0. The fourth-order valence-corrected chi connectivity index (χ4v) is 7.00. The number of carbonyl (C=O) groups excluding carboxylic acids is 2. The molecule has 51 heavy (non-hydrogen) atoms. The highest BCUT2D eigenvalue weighted by molar-refractivity contribution is 7.07. The largest absolute Gasteiger partial charge is 0.493 e. The molecule has 0 radical (unpaired) electrons. The summed E-state index contributed by atoms with van der Waals surface area (Å²) in [5, 5.41) is 4.97. The third-order valence-electron chi connectivity index (χ3n) is 8.44. The first kappa shape index (κ1) is 35.1. The van der Waals surface area contributed by atoms with Gasteiger partial charge < -0.3 is 18.9 Å². The summed E-state index contributed by atoms with van der Waals surface area (Å²) in [7, 11) is 2.73. The molecule has 1 aliphatic rings. The first-order valence-corrected chi connectivity index (χ1v) is 17.3. The zero-order valence-corrected chi connectivity index (χ0v) is 30.1. The number of para-hydroxylation sites is 1. The molecule has 0 N–H and O–H groups in total. The molecule has 1 atom stereocenters. The van der Waals surface area contributed by atoms with E-state index in [9.17, 15) is 14.4 Å². The van der Waals surface area contributed by atoms with Crippen LogP contribution < -0.4 is 29.1 Å². The number of hydrogen-bond donors (Lipinski definition) is 0. The van der Waals surface area contributed by atoms with Crippen LogP contribution in [-0.4, -0.2) is 47.1 Å².